The molecule has 0 aliphatic rings. The van der Waals surface area contributed by atoms with Crippen molar-refractivity contribution in [3.8, 4) is 46.0 Å². The van der Waals surface area contributed by atoms with E-state index in [0.717, 1.165) is 46.5 Å². The first kappa shape index (κ1) is 47.3. The van der Waals surface area contributed by atoms with Gasteiger partial charge < -0.3 is 24.4 Å². The summed E-state index contributed by atoms with van der Waals surface area (Å²) in [5.41, 5.74) is 2.18. The molecule has 0 aliphatic heterocycles. The second-order valence-electron chi connectivity index (χ2n) is 11.2. The van der Waals surface area contributed by atoms with Gasteiger partial charge in [0.25, 0.3) is 5.97 Å². The van der Waals surface area contributed by atoms with Gasteiger partial charge in [-0.05, 0) is 72.8 Å². The van der Waals surface area contributed by atoms with Gasteiger partial charge in [0, 0.05) is 6.92 Å². The third-order valence-electron chi connectivity index (χ3n) is 6.94. The van der Waals surface area contributed by atoms with Gasteiger partial charge in [0.1, 0.15) is 34.6 Å². The molecule has 302 valence electrons. The predicted octanol–water partition coefficient (Wildman–Crippen LogP) is 7.90. The van der Waals surface area contributed by atoms with E-state index in [-0.39, 0.29) is 33.0 Å². The summed E-state index contributed by atoms with van der Waals surface area (Å²) in [6, 6.07) is 42.3. The molecule has 0 saturated heterocycles. The molecule has 0 amide bonds. The minimum Gasteiger partial charge on any atom is -0.497 e. The summed E-state index contributed by atoms with van der Waals surface area (Å²) >= 11 is -0.138. The van der Waals surface area contributed by atoms with Crippen molar-refractivity contribution in [2.45, 2.75) is 13.3 Å². The number of methoxy groups -OCH3 is 3. The molecular weight excluding hydrogens is 856 g/mol. The molecule has 6 aromatic carbocycles. The summed E-state index contributed by atoms with van der Waals surface area (Å²) in [5.74, 6) is 4.48. The van der Waals surface area contributed by atoms with E-state index in [2.05, 4.69) is 21.8 Å². The zero-order chi connectivity index (χ0) is 42.5. The number of aromatic hydroxyl groups is 1. The number of rotatable bonds is 10. The van der Waals surface area contributed by atoms with Crippen molar-refractivity contribution in [1.29, 1.82) is 0 Å². The molecule has 6 aromatic rings. The molecular formula is C45H44FIN3O8-. The SMILES string of the molecule is CC(=O)O.COc1ccc(O)cc1.COc1ccc(Oc2cccc(CC[I-]N)c2)cc1.[C-]#[N+]c1cccc(F)c1.[C-]#[N+]c1cccc(Oc2ccc(OC)cc2)c1. The van der Waals surface area contributed by atoms with Crippen LogP contribution in [0.4, 0.5) is 15.8 Å². The number of aliphatic carboxylic acids is 1. The molecule has 0 saturated carbocycles. The maximum absolute atomic E-state index is 12.2. The monoisotopic (exact) mass is 900 g/mol. The zero-order valence-electron chi connectivity index (χ0n) is 32.3. The van der Waals surface area contributed by atoms with Crippen molar-refractivity contribution in [2.24, 2.45) is 3.95 Å². The third-order valence-corrected chi connectivity index (χ3v) is 8.10. The van der Waals surface area contributed by atoms with Crippen molar-refractivity contribution >= 4 is 17.3 Å². The molecule has 0 bridgehead atoms. The Balaban J connectivity index is 0.000000270. The number of nitrogens with two attached hydrogens (primary N) is 1. The van der Waals surface area contributed by atoms with Gasteiger partial charge in [-0.2, -0.15) is 0 Å². The topological polar surface area (TPSA) is 138 Å². The third kappa shape index (κ3) is 20.2. The molecule has 0 aromatic heterocycles. The number of aryl methyl sites for hydroxylation is 1. The van der Waals surface area contributed by atoms with E-state index in [0.29, 0.717) is 22.9 Å². The Morgan fingerprint density at radius 1 is 0.621 bits per heavy atom. The minimum atomic E-state index is -0.833. The molecule has 0 radical (unpaired) electrons. The van der Waals surface area contributed by atoms with E-state index < -0.39 is 5.97 Å². The van der Waals surface area contributed by atoms with Crippen LogP contribution in [0.5, 0.6) is 46.0 Å². The van der Waals surface area contributed by atoms with Crippen LogP contribution < -0.4 is 49.1 Å². The molecule has 0 atom stereocenters. The van der Waals surface area contributed by atoms with Crippen LogP contribution in [0.3, 0.4) is 0 Å². The van der Waals surface area contributed by atoms with E-state index in [1.54, 1.807) is 69.9 Å². The fourth-order valence-corrected chi connectivity index (χ4v) is 5.17. The smallest absolute Gasteiger partial charge is 0.190 e. The molecule has 4 N–H and O–H groups in total. The first-order chi connectivity index (χ1) is 28.0. The minimum absolute atomic E-state index is 0.138. The van der Waals surface area contributed by atoms with Crippen molar-refractivity contribution in [1.82, 2.24) is 0 Å². The van der Waals surface area contributed by atoms with E-state index in [9.17, 15) is 4.39 Å². The summed E-state index contributed by atoms with van der Waals surface area (Å²) in [6.07, 6.45) is 1.03. The van der Waals surface area contributed by atoms with Gasteiger partial charge in [-0.3, -0.25) is 4.79 Å². The number of hydrogen-bond donors (Lipinski definition) is 3. The zero-order valence-corrected chi connectivity index (χ0v) is 34.5. The first-order valence-electron chi connectivity index (χ1n) is 17.2. The van der Waals surface area contributed by atoms with Crippen molar-refractivity contribution in [3.63, 3.8) is 0 Å². The van der Waals surface area contributed by atoms with E-state index >= 15 is 0 Å². The number of carboxylic acids is 1. The number of phenols is 1. The molecule has 13 heteroatoms. The number of phenolic OH excluding ortho intramolecular Hbond substituents is 1. The number of nitrogens with zero attached hydrogens (tertiary/aromatic N) is 2. The average Bonchev–Trinajstić information content (AvgIpc) is 3.24. The fourth-order valence-electron chi connectivity index (χ4n) is 4.23. The maximum atomic E-state index is 12.2. The number of hydrogen-bond acceptors (Lipinski definition) is 8. The van der Waals surface area contributed by atoms with Gasteiger partial charge in [0.15, 0.2) is 11.4 Å². The van der Waals surface area contributed by atoms with Gasteiger partial charge in [-0.25, -0.2) is 14.1 Å². The van der Waals surface area contributed by atoms with E-state index in [1.807, 2.05) is 66.7 Å². The van der Waals surface area contributed by atoms with Gasteiger partial charge in [0.05, 0.1) is 27.4 Å². The number of benzene rings is 6. The van der Waals surface area contributed by atoms with Crippen molar-refractivity contribution in [2.75, 3.05) is 25.8 Å². The summed E-state index contributed by atoms with van der Waals surface area (Å²) in [6.45, 7) is 14.5. The second-order valence-corrected chi connectivity index (χ2v) is 13.2. The normalized spacial score (nSPS) is 9.31. The largest absolute Gasteiger partial charge is 0.497 e. The van der Waals surface area contributed by atoms with Crippen LogP contribution in [0.15, 0.2) is 146 Å². The Kier molecular flexibility index (Phi) is 22.6. The molecule has 6 rings (SSSR count). The predicted molar refractivity (Wildman–Crippen MR) is 219 cm³/mol. The van der Waals surface area contributed by atoms with Gasteiger partial charge in [-0.15, -0.1) is 0 Å². The van der Waals surface area contributed by atoms with Gasteiger partial charge >= 0.3 is 124 Å². The fraction of sp³-hybridized carbons (Fsp3) is 0.133. The molecule has 0 fully saturated rings. The van der Waals surface area contributed by atoms with Crippen LogP contribution in [-0.2, 0) is 11.2 Å². The first-order valence-corrected chi connectivity index (χ1v) is 19.9. The maximum Gasteiger partial charge on any atom is 0.190 e. The number of halogens is 2. The summed E-state index contributed by atoms with van der Waals surface area (Å²) < 4.78 is 45.4. The van der Waals surface area contributed by atoms with E-state index in [4.69, 9.17) is 55.8 Å². The Morgan fingerprint density at radius 2 is 1.02 bits per heavy atom. The van der Waals surface area contributed by atoms with Crippen LogP contribution in [-0.4, -0.2) is 41.9 Å². The van der Waals surface area contributed by atoms with Crippen LogP contribution in [0.1, 0.15) is 12.5 Å². The Labute approximate surface area is 349 Å². The molecule has 0 heterocycles. The summed E-state index contributed by atoms with van der Waals surface area (Å²) in [5, 5.41) is 16.2. The molecule has 0 unspecified atom stereocenters. The number of ether oxygens (including phenoxy) is 5. The van der Waals surface area contributed by atoms with Crippen molar-refractivity contribution in [3.05, 3.63) is 180 Å². The second kappa shape index (κ2) is 27.7. The molecule has 0 aliphatic carbocycles. The molecule has 0 spiro atoms. The van der Waals surface area contributed by atoms with Crippen LogP contribution in [0.25, 0.3) is 9.69 Å². The van der Waals surface area contributed by atoms with Crippen LogP contribution >= 0.6 is 0 Å². The van der Waals surface area contributed by atoms with Crippen LogP contribution in [0, 0.1) is 19.0 Å². The number of carboxylic acid groups (broad SMARTS) is 1. The summed E-state index contributed by atoms with van der Waals surface area (Å²) in [7, 11) is 4.86. The Bertz CT molecular complexity index is 2170. The summed E-state index contributed by atoms with van der Waals surface area (Å²) in [4.78, 5) is 15.4. The quantitative estimate of drug-likeness (QED) is 0.0543. The standard InChI is InChI=1S/C15H17INO2.C14H11NO2.C7H4FN.C7H8O2.C2H4O2/c1-18-13-5-7-14(8-6-13)19-15-4-2-3-12(11-15)9-10-16-17;1-15-11-4-3-5-14(10-11)17-13-8-6-12(16-2)7-9-13;1-9-7-4-2-3-6(8)5-7;1-9-7-4-2-6(8)3-5-7;1-2(3)4/h2-8,11H,9-10,17H2,1H3;3-10H,2H3;2-5H;2-5,8H,1H3;1H3,(H,3,4)/q-1;;;;. The Hall–Kier alpha value is -6.81. The Morgan fingerprint density at radius 3 is 1.43 bits per heavy atom. The number of carbonyl (C=O) groups is 1. The van der Waals surface area contributed by atoms with E-state index in [1.165, 1.54) is 23.8 Å². The van der Waals surface area contributed by atoms with Gasteiger partial charge in [0.2, 0.25) is 0 Å². The van der Waals surface area contributed by atoms with Crippen LogP contribution in [0.2, 0.25) is 0 Å². The molecule has 11 nitrogen and oxygen atoms in total. The average molecular weight is 901 g/mol. The molecule has 58 heavy (non-hydrogen) atoms. The van der Waals surface area contributed by atoms with Crippen molar-refractivity contribution < 1.29 is 64.6 Å². The number of alkyl halides is 1. The van der Waals surface area contributed by atoms with Gasteiger partial charge in [-0.1, -0.05) is 24.3 Å².